The van der Waals surface area contributed by atoms with Crippen molar-refractivity contribution in [3.63, 3.8) is 0 Å². The number of carbonyl (C=O) groups excluding carboxylic acids is 1. The van der Waals surface area contributed by atoms with Crippen LogP contribution in [0.5, 0.6) is 0 Å². The standard InChI is InChI=1S/C20H21N5OS/c1-14(26)22-17-8-6-16(7-9-17)19-13-27-20(23-19)24-21-12-15-4-10-18(11-5-15)25(2)3/h4-13H,1-3H3,(H,22,26)(H,23,24)/b21-12-. The van der Waals surface area contributed by atoms with Gasteiger partial charge in [-0.05, 0) is 29.8 Å². The maximum Gasteiger partial charge on any atom is 0.221 e. The number of carbonyl (C=O) groups is 1. The molecule has 1 amide bonds. The second kappa shape index (κ2) is 8.46. The highest BCUT2D eigenvalue weighted by molar-refractivity contribution is 7.14. The van der Waals surface area contributed by atoms with Crippen LogP contribution < -0.4 is 15.6 Å². The fraction of sp³-hybridized carbons (Fsp3) is 0.150. The van der Waals surface area contributed by atoms with Gasteiger partial charge in [0.1, 0.15) is 0 Å². The maximum absolute atomic E-state index is 11.1. The molecule has 2 aromatic carbocycles. The molecule has 27 heavy (non-hydrogen) atoms. The molecule has 0 atom stereocenters. The lowest BCUT2D eigenvalue weighted by Gasteiger charge is -2.11. The van der Waals surface area contributed by atoms with Crippen LogP contribution in [0.4, 0.5) is 16.5 Å². The van der Waals surface area contributed by atoms with Crippen molar-refractivity contribution in [2.24, 2.45) is 5.10 Å². The number of nitrogens with one attached hydrogen (secondary N) is 2. The van der Waals surface area contributed by atoms with Crippen molar-refractivity contribution in [3.05, 3.63) is 59.5 Å². The predicted octanol–water partition coefficient (Wildman–Crippen LogP) is 4.28. The van der Waals surface area contributed by atoms with Gasteiger partial charge >= 0.3 is 0 Å². The molecule has 2 N–H and O–H groups in total. The van der Waals surface area contributed by atoms with Crippen LogP contribution >= 0.6 is 11.3 Å². The predicted molar refractivity (Wildman–Crippen MR) is 114 cm³/mol. The summed E-state index contributed by atoms with van der Waals surface area (Å²) < 4.78 is 0. The zero-order chi connectivity index (χ0) is 19.2. The van der Waals surface area contributed by atoms with Gasteiger partial charge in [0.05, 0.1) is 11.9 Å². The van der Waals surface area contributed by atoms with Crippen LogP contribution in [0.3, 0.4) is 0 Å². The molecular weight excluding hydrogens is 358 g/mol. The average Bonchev–Trinajstić information content (AvgIpc) is 3.11. The van der Waals surface area contributed by atoms with Gasteiger partial charge in [0.25, 0.3) is 0 Å². The number of hydrogen-bond donors (Lipinski definition) is 2. The Kier molecular flexibility index (Phi) is 5.83. The van der Waals surface area contributed by atoms with E-state index in [1.54, 1.807) is 6.21 Å². The van der Waals surface area contributed by atoms with E-state index in [0.717, 1.165) is 33.3 Å². The van der Waals surface area contributed by atoms with Gasteiger partial charge in [-0.25, -0.2) is 4.98 Å². The Morgan fingerprint density at radius 3 is 2.44 bits per heavy atom. The SMILES string of the molecule is CC(=O)Nc1ccc(-c2csc(N/N=C\c3ccc(N(C)C)cc3)n2)cc1. The summed E-state index contributed by atoms with van der Waals surface area (Å²) in [7, 11) is 4.02. The van der Waals surface area contributed by atoms with Gasteiger partial charge in [-0.2, -0.15) is 5.10 Å². The van der Waals surface area contributed by atoms with Crippen LogP contribution in [-0.4, -0.2) is 31.2 Å². The van der Waals surface area contributed by atoms with E-state index in [4.69, 9.17) is 0 Å². The molecule has 0 saturated heterocycles. The quantitative estimate of drug-likeness (QED) is 0.495. The number of aromatic nitrogens is 1. The number of rotatable bonds is 6. The lowest BCUT2D eigenvalue weighted by Crippen LogP contribution is -2.08. The Hall–Kier alpha value is -3.19. The minimum Gasteiger partial charge on any atom is -0.378 e. The van der Waals surface area contributed by atoms with E-state index in [-0.39, 0.29) is 5.91 Å². The van der Waals surface area contributed by atoms with E-state index in [1.165, 1.54) is 18.3 Å². The molecule has 0 saturated carbocycles. The zero-order valence-corrected chi connectivity index (χ0v) is 16.2. The number of hydrazone groups is 1. The number of nitrogens with zero attached hydrogens (tertiary/aromatic N) is 3. The summed E-state index contributed by atoms with van der Waals surface area (Å²) in [5.74, 6) is -0.0860. The monoisotopic (exact) mass is 379 g/mol. The third kappa shape index (κ3) is 5.15. The first-order valence-corrected chi connectivity index (χ1v) is 9.29. The Bertz CT molecular complexity index is 930. The summed E-state index contributed by atoms with van der Waals surface area (Å²) in [5.41, 5.74) is 7.74. The van der Waals surface area contributed by atoms with Gasteiger partial charge in [-0.15, -0.1) is 11.3 Å². The Morgan fingerprint density at radius 2 is 1.81 bits per heavy atom. The molecule has 138 valence electrons. The molecule has 1 aromatic heterocycles. The maximum atomic E-state index is 11.1. The van der Waals surface area contributed by atoms with Gasteiger partial charge in [0, 0.05) is 43.3 Å². The highest BCUT2D eigenvalue weighted by Crippen LogP contribution is 2.26. The van der Waals surface area contributed by atoms with Crippen molar-refractivity contribution in [1.29, 1.82) is 0 Å². The van der Waals surface area contributed by atoms with E-state index in [0.29, 0.717) is 0 Å². The van der Waals surface area contributed by atoms with Crippen molar-refractivity contribution >= 4 is 40.0 Å². The van der Waals surface area contributed by atoms with Gasteiger partial charge in [-0.1, -0.05) is 24.3 Å². The number of hydrogen-bond acceptors (Lipinski definition) is 6. The van der Waals surface area contributed by atoms with Crippen molar-refractivity contribution in [1.82, 2.24) is 4.98 Å². The Morgan fingerprint density at radius 1 is 1.11 bits per heavy atom. The molecule has 0 fully saturated rings. The lowest BCUT2D eigenvalue weighted by molar-refractivity contribution is -0.114. The summed E-state index contributed by atoms with van der Waals surface area (Å²) in [6.07, 6.45) is 1.77. The second-order valence-electron chi connectivity index (χ2n) is 6.15. The largest absolute Gasteiger partial charge is 0.378 e. The molecule has 0 radical (unpaired) electrons. The van der Waals surface area contributed by atoms with Crippen LogP contribution in [0.15, 0.2) is 59.0 Å². The fourth-order valence-corrected chi connectivity index (χ4v) is 3.07. The molecule has 3 aromatic rings. The number of benzene rings is 2. The first kappa shape index (κ1) is 18.6. The molecule has 0 aliphatic carbocycles. The van der Waals surface area contributed by atoms with Crippen molar-refractivity contribution in [3.8, 4) is 11.3 Å². The van der Waals surface area contributed by atoms with Crippen molar-refractivity contribution in [2.45, 2.75) is 6.92 Å². The number of anilines is 3. The second-order valence-corrected chi connectivity index (χ2v) is 7.01. The van der Waals surface area contributed by atoms with Crippen LogP contribution in [0.1, 0.15) is 12.5 Å². The van der Waals surface area contributed by atoms with E-state index in [2.05, 4.69) is 25.7 Å². The molecule has 0 bridgehead atoms. The van der Waals surface area contributed by atoms with Crippen molar-refractivity contribution in [2.75, 3.05) is 29.7 Å². The summed E-state index contributed by atoms with van der Waals surface area (Å²) in [6, 6.07) is 15.7. The molecule has 3 rings (SSSR count). The molecular formula is C20H21N5OS. The zero-order valence-electron chi connectivity index (χ0n) is 15.4. The van der Waals surface area contributed by atoms with E-state index in [9.17, 15) is 4.79 Å². The minimum absolute atomic E-state index is 0.0860. The molecule has 0 aliphatic heterocycles. The van der Waals surface area contributed by atoms with Crippen LogP contribution in [0, 0.1) is 0 Å². The van der Waals surface area contributed by atoms with Crippen LogP contribution in [0.25, 0.3) is 11.3 Å². The summed E-state index contributed by atoms with van der Waals surface area (Å²) in [6.45, 7) is 1.49. The highest BCUT2D eigenvalue weighted by Gasteiger charge is 2.04. The van der Waals surface area contributed by atoms with Crippen LogP contribution in [-0.2, 0) is 4.79 Å². The molecule has 0 aliphatic rings. The highest BCUT2D eigenvalue weighted by atomic mass is 32.1. The first-order chi connectivity index (χ1) is 13.0. The smallest absolute Gasteiger partial charge is 0.221 e. The van der Waals surface area contributed by atoms with E-state index in [1.807, 2.05) is 68.0 Å². The third-order valence-electron chi connectivity index (χ3n) is 3.79. The molecule has 0 spiro atoms. The molecule has 1 heterocycles. The fourth-order valence-electron chi connectivity index (χ4n) is 2.41. The average molecular weight is 379 g/mol. The number of thiazole rings is 1. The van der Waals surface area contributed by atoms with Crippen molar-refractivity contribution < 1.29 is 4.79 Å². The van der Waals surface area contributed by atoms with Gasteiger partial charge in [0.15, 0.2) is 0 Å². The molecule has 0 unspecified atom stereocenters. The summed E-state index contributed by atoms with van der Waals surface area (Å²) in [5, 5.41) is 9.69. The topological polar surface area (TPSA) is 69.6 Å². The summed E-state index contributed by atoms with van der Waals surface area (Å²) >= 11 is 1.49. The normalized spacial score (nSPS) is 10.8. The van der Waals surface area contributed by atoms with Crippen LogP contribution in [0.2, 0.25) is 0 Å². The van der Waals surface area contributed by atoms with Gasteiger partial charge < -0.3 is 10.2 Å². The Balaban J connectivity index is 1.61. The van der Waals surface area contributed by atoms with E-state index < -0.39 is 0 Å². The van der Waals surface area contributed by atoms with Gasteiger partial charge in [0.2, 0.25) is 11.0 Å². The summed E-state index contributed by atoms with van der Waals surface area (Å²) in [4.78, 5) is 17.7. The van der Waals surface area contributed by atoms with Gasteiger partial charge in [-0.3, -0.25) is 10.2 Å². The minimum atomic E-state index is -0.0860. The molecule has 6 nitrogen and oxygen atoms in total. The number of amides is 1. The lowest BCUT2D eigenvalue weighted by atomic mass is 10.1. The third-order valence-corrected chi connectivity index (χ3v) is 4.54. The van der Waals surface area contributed by atoms with E-state index >= 15 is 0 Å². The molecule has 7 heteroatoms. The Labute approximate surface area is 162 Å². The first-order valence-electron chi connectivity index (χ1n) is 8.41.